The van der Waals surface area contributed by atoms with Gasteiger partial charge in [0.1, 0.15) is 5.82 Å². The summed E-state index contributed by atoms with van der Waals surface area (Å²) in [6, 6.07) is 10.1. The largest absolute Gasteiger partial charge is 0.436 e. The number of carbonyl (C=O) groups is 1. The standard InChI is InChI=1S/C26H22F2N6O4S/c1-13-7-15-9-20(32-19(15)10-18(13)33-39(3,36)37)25(35)16-11-31-34(26(16)29)21-12-30-23(8-14(21)2)38-22-6-4-5-17(27)24(22)28/h4-12,32-33H,29H2,1-3H3. The lowest BCUT2D eigenvalue weighted by Gasteiger charge is -2.11. The first-order valence-corrected chi connectivity index (χ1v) is 13.4. The zero-order chi connectivity index (χ0) is 28.1. The zero-order valence-electron chi connectivity index (χ0n) is 20.9. The van der Waals surface area contributed by atoms with Crippen LogP contribution in [-0.4, -0.2) is 40.2 Å². The highest BCUT2D eigenvalue weighted by Gasteiger charge is 2.21. The fourth-order valence-corrected chi connectivity index (χ4v) is 4.69. The molecule has 3 heterocycles. The van der Waals surface area contributed by atoms with Crippen LogP contribution in [0.25, 0.3) is 16.6 Å². The Hall–Kier alpha value is -4.78. The highest BCUT2D eigenvalue weighted by atomic mass is 32.2. The van der Waals surface area contributed by atoms with Gasteiger partial charge in [-0.25, -0.2) is 22.5 Å². The lowest BCUT2D eigenvalue weighted by atomic mass is 10.1. The summed E-state index contributed by atoms with van der Waals surface area (Å²) in [7, 11) is -3.48. The van der Waals surface area contributed by atoms with Crippen molar-refractivity contribution in [3.05, 3.63) is 88.9 Å². The van der Waals surface area contributed by atoms with Crippen LogP contribution in [0.1, 0.15) is 27.2 Å². The Morgan fingerprint density at radius 2 is 1.87 bits per heavy atom. The Kier molecular flexibility index (Phi) is 6.30. The normalized spacial score (nSPS) is 11.6. The molecule has 4 N–H and O–H groups in total. The van der Waals surface area contributed by atoms with Gasteiger partial charge in [0.25, 0.3) is 0 Å². The Morgan fingerprint density at radius 3 is 2.59 bits per heavy atom. The second-order valence-electron chi connectivity index (χ2n) is 8.96. The number of ketones is 1. The van der Waals surface area contributed by atoms with E-state index in [2.05, 4.69) is 19.8 Å². The second kappa shape index (κ2) is 9.51. The van der Waals surface area contributed by atoms with E-state index in [0.717, 1.165) is 12.3 Å². The minimum atomic E-state index is -3.48. The van der Waals surface area contributed by atoms with E-state index < -0.39 is 27.4 Å². The predicted molar refractivity (Wildman–Crippen MR) is 142 cm³/mol. The number of nitrogens with two attached hydrogens (primary N) is 1. The number of aryl methyl sites for hydroxylation is 2. The number of H-pyrrole nitrogens is 1. The van der Waals surface area contributed by atoms with Gasteiger partial charge in [0.05, 0.1) is 41.3 Å². The molecular weight excluding hydrogens is 530 g/mol. The number of nitrogen functional groups attached to an aromatic ring is 1. The number of pyridine rings is 1. The van der Waals surface area contributed by atoms with Crippen LogP contribution >= 0.6 is 0 Å². The first-order chi connectivity index (χ1) is 18.4. The summed E-state index contributed by atoms with van der Waals surface area (Å²) in [4.78, 5) is 20.5. The van der Waals surface area contributed by atoms with Gasteiger partial charge in [-0.1, -0.05) is 6.07 Å². The third-order valence-electron chi connectivity index (χ3n) is 5.97. The SMILES string of the molecule is Cc1cc2cc(C(=O)c3cnn(-c4cnc(Oc5cccc(F)c5F)cc4C)c3N)[nH]c2cc1NS(C)(=O)=O. The van der Waals surface area contributed by atoms with Crippen molar-refractivity contribution in [3.8, 4) is 17.3 Å². The molecule has 0 amide bonds. The Morgan fingerprint density at radius 1 is 1.10 bits per heavy atom. The van der Waals surface area contributed by atoms with Crippen molar-refractivity contribution >= 4 is 38.2 Å². The van der Waals surface area contributed by atoms with E-state index in [4.69, 9.17) is 10.5 Å². The first-order valence-electron chi connectivity index (χ1n) is 11.5. The molecule has 5 aromatic rings. The van der Waals surface area contributed by atoms with Crippen molar-refractivity contribution in [1.29, 1.82) is 0 Å². The molecule has 200 valence electrons. The molecule has 0 bridgehead atoms. The zero-order valence-corrected chi connectivity index (χ0v) is 21.7. The number of ether oxygens (including phenoxy) is 1. The van der Waals surface area contributed by atoms with Crippen LogP contribution in [0.15, 0.2) is 54.9 Å². The van der Waals surface area contributed by atoms with Crippen LogP contribution in [0.5, 0.6) is 11.6 Å². The third kappa shape index (κ3) is 5.03. The number of hydrogen-bond donors (Lipinski definition) is 3. The molecule has 5 rings (SSSR count). The van der Waals surface area contributed by atoms with Crippen molar-refractivity contribution in [2.45, 2.75) is 13.8 Å². The average Bonchev–Trinajstić information content (AvgIpc) is 3.44. The van der Waals surface area contributed by atoms with Crippen LogP contribution < -0.4 is 15.2 Å². The van der Waals surface area contributed by atoms with E-state index in [0.29, 0.717) is 33.4 Å². The smallest absolute Gasteiger partial charge is 0.229 e. The Bertz CT molecular complexity index is 1880. The van der Waals surface area contributed by atoms with Gasteiger partial charge >= 0.3 is 0 Å². The van der Waals surface area contributed by atoms with Gasteiger partial charge in [0.2, 0.25) is 27.5 Å². The molecule has 0 aliphatic heterocycles. The summed E-state index contributed by atoms with van der Waals surface area (Å²) < 4.78 is 59.9. The minimum absolute atomic E-state index is 0.0286. The van der Waals surface area contributed by atoms with Crippen LogP contribution in [0.4, 0.5) is 20.3 Å². The molecule has 13 heteroatoms. The molecular formula is C26H22F2N6O4S. The summed E-state index contributed by atoms with van der Waals surface area (Å²) in [5.74, 6) is -2.81. The molecule has 10 nitrogen and oxygen atoms in total. The fourth-order valence-electron chi connectivity index (χ4n) is 4.07. The number of halogens is 2. The number of sulfonamides is 1. The van der Waals surface area contributed by atoms with Crippen LogP contribution in [0, 0.1) is 25.5 Å². The summed E-state index contributed by atoms with van der Waals surface area (Å²) in [6.07, 6.45) is 3.78. The second-order valence-corrected chi connectivity index (χ2v) is 10.7. The molecule has 0 saturated heterocycles. The van der Waals surface area contributed by atoms with E-state index in [1.54, 1.807) is 32.0 Å². The summed E-state index contributed by atoms with van der Waals surface area (Å²) >= 11 is 0. The number of nitrogens with one attached hydrogen (secondary N) is 2. The highest BCUT2D eigenvalue weighted by Crippen LogP contribution is 2.29. The number of aromatic amines is 1. The number of aromatic nitrogens is 4. The molecule has 0 aliphatic rings. The van der Waals surface area contributed by atoms with E-state index in [-0.39, 0.29) is 28.7 Å². The number of anilines is 2. The number of rotatable bonds is 7. The summed E-state index contributed by atoms with van der Waals surface area (Å²) in [5.41, 5.74) is 9.35. The lowest BCUT2D eigenvalue weighted by Crippen LogP contribution is -2.10. The lowest BCUT2D eigenvalue weighted by molar-refractivity contribution is 0.103. The van der Waals surface area contributed by atoms with Crippen LogP contribution in [0.2, 0.25) is 0 Å². The van der Waals surface area contributed by atoms with Crippen molar-refractivity contribution in [1.82, 2.24) is 19.7 Å². The predicted octanol–water partition coefficient (Wildman–Crippen LogP) is 4.62. The van der Waals surface area contributed by atoms with Crippen molar-refractivity contribution in [3.63, 3.8) is 0 Å². The maximum atomic E-state index is 14.0. The van der Waals surface area contributed by atoms with E-state index in [9.17, 15) is 22.0 Å². The van der Waals surface area contributed by atoms with Gasteiger partial charge < -0.3 is 15.5 Å². The number of benzene rings is 2. The van der Waals surface area contributed by atoms with E-state index >= 15 is 0 Å². The molecule has 0 radical (unpaired) electrons. The molecule has 0 unspecified atom stereocenters. The molecule has 0 aliphatic carbocycles. The van der Waals surface area contributed by atoms with Crippen molar-refractivity contribution in [2.24, 2.45) is 0 Å². The summed E-state index contributed by atoms with van der Waals surface area (Å²) in [5, 5.41) is 4.96. The van der Waals surface area contributed by atoms with Gasteiger partial charge in [0, 0.05) is 17.0 Å². The molecule has 0 atom stereocenters. The molecule has 0 fully saturated rings. The summed E-state index contributed by atoms with van der Waals surface area (Å²) in [6.45, 7) is 3.47. The van der Waals surface area contributed by atoms with E-state index in [1.807, 2.05) is 0 Å². The Labute approximate surface area is 221 Å². The first kappa shape index (κ1) is 25.9. The van der Waals surface area contributed by atoms with Crippen LogP contribution in [-0.2, 0) is 10.0 Å². The Balaban J connectivity index is 1.43. The molecule has 0 spiro atoms. The van der Waals surface area contributed by atoms with Gasteiger partial charge in [-0.05, 0) is 55.3 Å². The quantitative estimate of drug-likeness (QED) is 0.250. The molecule has 39 heavy (non-hydrogen) atoms. The third-order valence-corrected chi connectivity index (χ3v) is 6.56. The molecule has 3 aromatic heterocycles. The van der Waals surface area contributed by atoms with Crippen molar-refractivity contribution < 1.29 is 26.7 Å². The maximum absolute atomic E-state index is 14.0. The van der Waals surface area contributed by atoms with E-state index in [1.165, 1.54) is 35.3 Å². The average molecular weight is 553 g/mol. The topological polar surface area (TPSA) is 145 Å². The van der Waals surface area contributed by atoms with Crippen LogP contribution in [0.3, 0.4) is 0 Å². The van der Waals surface area contributed by atoms with Gasteiger partial charge in [0.15, 0.2) is 11.6 Å². The monoisotopic (exact) mass is 552 g/mol. The molecule has 0 saturated carbocycles. The number of hydrogen-bond acceptors (Lipinski definition) is 7. The minimum Gasteiger partial charge on any atom is -0.436 e. The van der Waals surface area contributed by atoms with Gasteiger partial charge in [-0.15, -0.1) is 0 Å². The molecule has 2 aromatic carbocycles. The van der Waals surface area contributed by atoms with Gasteiger partial charge in [-0.2, -0.15) is 9.49 Å². The van der Waals surface area contributed by atoms with Crippen molar-refractivity contribution in [2.75, 3.05) is 16.7 Å². The van der Waals surface area contributed by atoms with Gasteiger partial charge in [-0.3, -0.25) is 9.52 Å². The fraction of sp³-hybridized carbons (Fsp3) is 0.115. The maximum Gasteiger partial charge on any atom is 0.229 e. The number of nitrogens with zero attached hydrogens (tertiary/aromatic N) is 3. The number of fused-ring (bicyclic) bond motifs is 1. The highest BCUT2D eigenvalue weighted by molar-refractivity contribution is 7.92. The number of carbonyl (C=O) groups excluding carboxylic acids is 1.